The lowest BCUT2D eigenvalue weighted by atomic mass is 10.0. The third kappa shape index (κ3) is 5.61. The van der Waals surface area contributed by atoms with Crippen molar-refractivity contribution >= 4 is 28.3 Å². The summed E-state index contributed by atoms with van der Waals surface area (Å²) in [5, 5.41) is 5.04. The van der Waals surface area contributed by atoms with E-state index in [-0.39, 0.29) is 18.4 Å². The molecule has 1 aromatic heterocycles. The van der Waals surface area contributed by atoms with E-state index in [2.05, 4.69) is 5.32 Å². The molecule has 0 radical (unpaired) electrons. The summed E-state index contributed by atoms with van der Waals surface area (Å²) < 4.78 is 11.7. The highest BCUT2D eigenvalue weighted by Crippen LogP contribution is 2.31. The van der Waals surface area contributed by atoms with Crippen LogP contribution in [0.5, 0.6) is 0 Å². The minimum atomic E-state index is -0.205. The van der Waals surface area contributed by atoms with Crippen molar-refractivity contribution in [1.82, 2.24) is 4.90 Å². The van der Waals surface area contributed by atoms with Gasteiger partial charge in [-0.25, -0.2) is 0 Å². The van der Waals surface area contributed by atoms with Crippen molar-refractivity contribution in [2.45, 2.75) is 19.6 Å². The number of hydrogen-bond acceptors (Lipinski definition) is 4. The Morgan fingerprint density at radius 1 is 0.846 bits per heavy atom. The number of benzene rings is 4. The zero-order chi connectivity index (χ0) is 26.6. The standard InChI is InChI=1S/C33H28N2O4/c36-32(22-38-21-23-6-2-1-3-7-23)34-29-14-12-25(13-15-29)31-19-28-20-35(17-16-30(28)39-31)33(37)27-11-10-24-8-4-5-9-26(24)18-27/h1-15,18-19H,16-17,20-22H2,(H,34,36). The number of fused-ring (bicyclic) bond motifs is 2. The smallest absolute Gasteiger partial charge is 0.254 e. The molecule has 0 spiro atoms. The predicted octanol–water partition coefficient (Wildman–Crippen LogP) is 6.45. The Kier molecular flexibility index (Phi) is 6.93. The van der Waals surface area contributed by atoms with Crippen LogP contribution in [0.25, 0.3) is 22.1 Å². The summed E-state index contributed by atoms with van der Waals surface area (Å²) in [7, 11) is 0. The fourth-order valence-electron chi connectivity index (χ4n) is 4.90. The third-order valence-corrected chi connectivity index (χ3v) is 6.95. The number of rotatable bonds is 7. The van der Waals surface area contributed by atoms with E-state index in [4.69, 9.17) is 9.15 Å². The van der Waals surface area contributed by atoms with Crippen molar-refractivity contribution in [2.75, 3.05) is 18.5 Å². The van der Waals surface area contributed by atoms with Gasteiger partial charge in [-0.05, 0) is 58.8 Å². The van der Waals surface area contributed by atoms with E-state index in [1.165, 1.54) is 0 Å². The summed E-state index contributed by atoms with van der Waals surface area (Å²) in [6, 6.07) is 33.2. The quantitative estimate of drug-likeness (QED) is 0.270. The molecule has 4 aromatic carbocycles. The van der Waals surface area contributed by atoms with Crippen molar-refractivity contribution in [1.29, 1.82) is 0 Å². The van der Waals surface area contributed by atoms with Gasteiger partial charge in [-0.2, -0.15) is 0 Å². The Morgan fingerprint density at radius 2 is 1.62 bits per heavy atom. The topological polar surface area (TPSA) is 71.8 Å². The first-order valence-electron chi connectivity index (χ1n) is 13.0. The van der Waals surface area contributed by atoms with E-state index in [0.717, 1.165) is 39.0 Å². The first-order chi connectivity index (χ1) is 19.1. The molecule has 2 amide bonds. The molecule has 1 aliphatic heterocycles. The van der Waals surface area contributed by atoms with Crippen LogP contribution in [0, 0.1) is 0 Å². The molecule has 0 aliphatic carbocycles. The molecule has 194 valence electrons. The summed E-state index contributed by atoms with van der Waals surface area (Å²) in [4.78, 5) is 27.4. The second-order valence-corrected chi connectivity index (χ2v) is 9.70. The molecule has 0 fully saturated rings. The van der Waals surface area contributed by atoms with Crippen LogP contribution in [-0.2, 0) is 29.1 Å². The average molecular weight is 517 g/mol. The SMILES string of the molecule is O=C(COCc1ccccc1)Nc1ccc(-c2cc3c(o2)CCN(C(=O)c2ccc4ccccc4c2)C3)cc1. The highest BCUT2D eigenvalue weighted by atomic mass is 16.5. The second kappa shape index (κ2) is 11.0. The molecule has 39 heavy (non-hydrogen) atoms. The molecule has 6 nitrogen and oxygen atoms in total. The summed E-state index contributed by atoms with van der Waals surface area (Å²) >= 11 is 0. The molecule has 1 aliphatic rings. The Balaban J connectivity index is 1.07. The van der Waals surface area contributed by atoms with Crippen LogP contribution in [0.1, 0.15) is 27.2 Å². The number of amides is 2. The molecule has 1 N–H and O–H groups in total. The van der Waals surface area contributed by atoms with E-state index in [9.17, 15) is 9.59 Å². The zero-order valence-corrected chi connectivity index (χ0v) is 21.4. The molecule has 0 unspecified atom stereocenters. The maximum atomic E-state index is 13.2. The maximum absolute atomic E-state index is 13.2. The van der Waals surface area contributed by atoms with Gasteiger partial charge in [0.2, 0.25) is 5.91 Å². The highest BCUT2D eigenvalue weighted by Gasteiger charge is 2.25. The largest absolute Gasteiger partial charge is 0.461 e. The number of anilines is 1. The van der Waals surface area contributed by atoms with Crippen LogP contribution >= 0.6 is 0 Å². The van der Waals surface area contributed by atoms with Crippen molar-refractivity contribution in [3.8, 4) is 11.3 Å². The Labute approximate surface area is 226 Å². The number of nitrogens with zero attached hydrogens (tertiary/aromatic N) is 1. The number of carbonyl (C=O) groups excluding carboxylic acids is 2. The predicted molar refractivity (Wildman–Crippen MR) is 151 cm³/mol. The molecule has 0 bridgehead atoms. The molecule has 6 rings (SSSR count). The second-order valence-electron chi connectivity index (χ2n) is 9.70. The van der Waals surface area contributed by atoms with Crippen LogP contribution in [-0.4, -0.2) is 29.9 Å². The van der Waals surface area contributed by atoms with Gasteiger partial charge in [0.25, 0.3) is 5.91 Å². The van der Waals surface area contributed by atoms with E-state index in [0.29, 0.717) is 37.4 Å². The van der Waals surface area contributed by atoms with Crippen molar-refractivity contribution in [3.05, 3.63) is 126 Å². The maximum Gasteiger partial charge on any atom is 0.254 e. The molecule has 0 atom stereocenters. The van der Waals surface area contributed by atoms with Crippen LogP contribution in [0.2, 0.25) is 0 Å². The molecule has 0 saturated heterocycles. The van der Waals surface area contributed by atoms with Crippen LogP contribution in [0.15, 0.2) is 108 Å². The molecule has 2 heterocycles. The third-order valence-electron chi connectivity index (χ3n) is 6.95. The van der Waals surface area contributed by atoms with E-state index in [1.54, 1.807) is 0 Å². The van der Waals surface area contributed by atoms with Crippen molar-refractivity contribution in [2.24, 2.45) is 0 Å². The number of carbonyl (C=O) groups is 2. The molecular formula is C33H28N2O4. The molecule has 6 heteroatoms. The van der Waals surface area contributed by atoms with E-state index < -0.39 is 0 Å². The highest BCUT2D eigenvalue weighted by molar-refractivity contribution is 5.98. The lowest BCUT2D eigenvalue weighted by Crippen LogP contribution is -2.35. The normalized spacial score (nSPS) is 12.8. The van der Waals surface area contributed by atoms with Gasteiger partial charge in [0.05, 0.1) is 6.61 Å². The first kappa shape index (κ1) is 24.6. The number of furan rings is 1. The minimum absolute atomic E-state index is 0.0179. The Morgan fingerprint density at radius 3 is 2.44 bits per heavy atom. The van der Waals surface area contributed by atoms with Crippen LogP contribution in [0.4, 0.5) is 5.69 Å². The van der Waals surface area contributed by atoms with E-state index >= 15 is 0 Å². The lowest BCUT2D eigenvalue weighted by molar-refractivity contribution is -0.121. The van der Waals surface area contributed by atoms with Gasteiger partial charge in [0, 0.05) is 41.9 Å². The van der Waals surface area contributed by atoms with Gasteiger partial charge in [-0.15, -0.1) is 0 Å². The molecule has 0 saturated carbocycles. The fraction of sp³-hybridized carbons (Fsp3) is 0.152. The molecule has 5 aromatic rings. The average Bonchev–Trinajstić information content (AvgIpc) is 3.41. The molecular weight excluding hydrogens is 488 g/mol. The van der Waals surface area contributed by atoms with Crippen molar-refractivity contribution < 1.29 is 18.7 Å². The van der Waals surface area contributed by atoms with Gasteiger partial charge in [0.15, 0.2) is 0 Å². The van der Waals surface area contributed by atoms with Crippen LogP contribution in [0.3, 0.4) is 0 Å². The summed E-state index contributed by atoms with van der Waals surface area (Å²) in [5.74, 6) is 1.50. The number of nitrogens with one attached hydrogen (secondary N) is 1. The van der Waals surface area contributed by atoms with Gasteiger partial charge in [-0.1, -0.05) is 60.7 Å². The Bertz CT molecular complexity index is 1620. The van der Waals surface area contributed by atoms with Gasteiger partial charge >= 0.3 is 0 Å². The summed E-state index contributed by atoms with van der Waals surface area (Å²) in [6.07, 6.45) is 0.672. The zero-order valence-electron chi connectivity index (χ0n) is 21.4. The van der Waals surface area contributed by atoms with Crippen molar-refractivity contribution in [3.63, 3.8) is 0 Å². The Hall–Kier alpha value is -4.68. The fourth-order valence-corrected chi connectivity index (χ4v) is 4.90. The summed E-state index contributed by atoms with van der Waals surface area (Å²) in [6.45, 7) is 1.50. The van der Waals surface area contributed by atoms with E-state index in [1.807, 2.05) is 108 Å². The lowest BCUT2D eigenvalue weighted by Gasteiger charge is -2.26. The van der Waals surface area contributed by atoms with Gasteiger partial charge in [-0.3, -0.25) is 9.59 Å². The number of hydrogen-bond donors (Lipinski definition) is 1. The monoisotopic (exact) mass is 516 g/mol. The first-order valence-corrected chi connectivity index (χ1v) is 13.0. The summed E-state index contributed by atoms with van der Waals surface area (Å²) in [5.41, 5.74) is 4.35. The number of ether oxygens (including phenoxy) is 1. The van der Waals surface area contributed by atoms with Gasteiger partial charge in [0.1, 0.15) is 18.1 Å². The van der Waals surface area contributed by atoms with Gasteiger partial charge < -0.3 is 19.4 Å². The van der Waals surface area contributed by atoms with Crippen LogP contribution < -0.4 is 5.32 Å². The minimum Gasteiger partial charge on any atom is -0.461 e.